The van der Waals surface area contributed by atoms with E-state index < -0.39 is 4.92 Å². The number of allylic oxidation sites excluding steroid dienone is 1. The van der Waals surface area contributed by atoms with Crippen LogP contribution in [0.4, 0.5) is 11.4 Å². The van der Waals surface area contributed by atoms with Gasteiger partial charge in [0, 0.05) is 37.5 Å². The summed E-state index contributed by atoms with van der Waals surface area (Å²) in [5.74, 6) is 0. The maximum atomic E-state index is 10.6. The SMILES string of the molecule is CN(C)c1ccc(C(/C=C/c2ccc([N+](=O)[O-])cc2)=N\O)cc1. The highest BCUT2D eigenvalue weighted by Crippen LogP contribution is 2.15. The van der Waals surface area contributed by atoms with E-state index in [9.17, 15) is 15.3 Å². The molecule has 0 spiro atoms. The average molecular weight is 311 g/mol. The molecule has 0 fully saturated rings. The van der Waals surface area contributed by atoms with E-state index in [0.717, 1.165) is 16.8 Å². The van der Waals surface area contributed by atoms with E-state index in [1.54, 1.807) is 24.3 Å². The van der Waals surface area contributed by atoms with E-state index in [4.69, 9.17) is 0 Å². The number of non-ortho nitro benzene ring substituents is 1. The third-order valence-corrected chi connectivity index (χ3v) is 3.32. The lowest BCUT2D eigenvalue weighted by Crippen LogP contribution is -2.08. The molecule has 2 rings (SSSR count). The Hall–Kier alpha value is -3.15. The van der Waals surface area contributed by atoms with E-state index in [1.807, 2.05) is 43.3 Å². The van der Waals surface area contributed by atoms with Crippen molar-refractivity contribution in [1.82, 2.24) is 0 Å². The highest BCUT2D eigenvalue weighted by Gasteiger charge is 2.04. The predicted octanol–water partition coefficient (Wildman–Crippen LogP) is 3.55. The molecule has 23 heavy (non-hydrogen) atoms. The summed E-state index contributed by atoms with van der Waals surface area (Å²) in [5.41, 5.74) is 3.05. The second kappa shape index (κ2) is 7.22. The molecule has 2 aromatic carbocycles. The van der Waals surface area contributed by atoms with Crippen molar-refractivity contribution >= 4 is 23.2 Å². The number of oxime groups is 1. The van der Waals surface area contributed by atoms with Crippen molar-refractivity contribution in [2.75, 3.05) is 19.0 Å². The molecule has 2 aromatic rings. The molecule has 1 N–H and O–H groups in total. The second-order valence-electron chi connectivity index (χ2n) is 5.11. The van der Waals surface area contributed by atoms with E-state index in [2.05, 4.69) is 5.16 Å². The van der Waals surface area contributed by atoms with Crippen molar-refractivity contribution < 1.29 is 10.1 Å². The lowest BCUT2D eigenvalue weighted by molar-refractivity contribution is -0.384. The van der Waals surface area contributed by atoms with Crippen molar-refractivity contribution in [2.24, 2.45) is 5.16 Å². The average Bonchev–Trinajstić information content (AvgIpc) is 2.56. The minimum atomic E-state index is -0.444. The quantitative estimate of drug-likeness (QED) is 0.396. The molecule has 0 aliphatic heterocycles. The van der Waals surface area contributed by atoms with Gasteiger partial charge >= 0.3 is 0 Å². The number of nitro benzene ring substituents is 1. The largest absolute Gasteiger partial charge is 0.410 e. The Kier molecular flexibility index (Phi) is 5.09. The van der Waals surface area contributed by atoms with Crippen LogP contribution in [0.25, 0.3) is 6.08 Å². The summed E-state index contributed by atoms with van der Waals surface area (Å²) in [7, 11) is 3.90. The summed E-state index contributed by atoms with van der Waals surface area (Å²) >= 11 is 0. The fourth-order valence-corrected chi connectivity index (χ4v) is 2.00. The van der Waals surface area contributed by atoms with Gasteiger partial charge < -0.3 is 10.1 Å². The van der Waals surface area contributed by atoms with Crippen LogP contribution in [0.5, 0.6) is 0 Å². The molecule has 0 saturated carbocycles. The Balaban J connectivity index is 2.17. The van der Waals surface area contributed by atoms with Gasteiger partial charge in [0.15, 0.2) is 0 Å². The number of hydrogen-bond acceptors (Lipinski definition) is 5. The van der Waals surface area contributed by atoms with Gasteiger partial charge in [0.05, 0.1) is 4.92 Å². The van der Waals surface area contributed by atoms with Crippen molar-refractivity contribution in [2.45, 2.75) is 0 Å². The fourth-order valence-electron chi connectivity index (χ4n) is 2.00. The van der Waals surface area contributed by atoms with Crippen molar-refractivity contribution in [3.63, 3.8) is 0 Å². The molecule has 0 saturated heterocycles. The third kappa shape index (κ3) is 4.16. The Labute approximate surface area is 134 Å². The monoisotopic (exact) mass is 311 g/mol. The first-order chi connectivity index (χ1) is 11.0. The maximum absolute atomic E-state index is 10.6. The van der Waals surface area contributed by atoms with Gasteiger partial charge in [-0.2, -0.15) is 0 Å². The second-order valence-corrected chi connectivity index (χ2v) is 5.11. The first-order valence-corrected chi connectivity index (χ1v) is 6.93. The molecule has 0 bridgehead atoms. The molecule has 0 unspecified atom stereocenters. The Bertz CT molecular complexity index is 733. The summed E-state index contributed by atoms with van der Waals surface area (Å²) in [5, 5.41) is 23.1. The Morgan fingerprint density at radius 2 is 1.74 bits per heavy atom. The van der Waals surface area contributed by atoms with Gasteiger partial charge in [-0.05, 0) is 35.9 Å². The first kappa shape index (κ1) is 16.2. The van der Waals surface area contributed by atoms with Gasteiger partial charge in [-0.15, -0.1) is 0 Å². The number of rotatable bonds is 5. The minimum absolute atomic E-state index is 0.0393. The zero-order valence-electron chi connectivity index (χ0n) is 12.9. The molecule has 0 radical (unpaired) electrons. The maximum Gasteiger partial charge on any atom is 0.269 e. The molecule has 0 aliphatic rings. The summed E-state index contributed by atoms with van der Waals surface area (Å²) in [6.07, 6.45) is 3.39. The lowest BCUT2D eigenvalue weighted by Gasteiger charge is -2.12. The van der Waals surface area contributed by atoms with Crippen LogP contribution in [0.15, 0.2) is 59.8 Å². The van der Waals surface area contributed by atoms with E-state index in [-0.39, 0.29) is 5.69 Å². The zero-order valence-corrected chi connectivity index (χ0v) is 12.9. The van der Waals surface area contributed by atoms with Crippen LogP contribution in [0.2, 0.25) is 0 Å². The molecule has 0 aromatic heterocycles. The zero-order chi connectivity index (χ0) is 16.8. The van der Waals surface area contributed by atoms with E-state index in [1.165, 1.54) is 12.1 Å². The fraction of sp³-hybridized carbons (Fsp3) is 0.118. The molecule has 0 aliphatic carbocycles. The van der Waals surface area contributed by atoms with Crippen LogP contribution < -0.4 is 4.90 Å². The lowest BCUT2D eigenvalue weighted by atomic mass is 10.1. The van der Waals surface area contributed by atoms with Crippen LogP contribution in [0.1, 0.15) is 11.1 Å². The number of hydrogen-bond donors (Lipinski definition) is 1. The van der Waals surface area contributed by atoms with E-state index in [0.29, 0.717) is 5.71 Å². The third-order valence-electron chi connectivity index (χ3n) is 3.32. The topological polar surface area (TPSA) is 79.0 Å². The number of anilines is 1. The van der Waals surface area contributed by atoms with Crippen molar-refractivity contribution in [3.05, 3.63) is 75.8 Å². The number of nitro groups is 1. The molecular formula is C17H17N3O3. The highest BCUT2D eigenvalue weighted by atomic mass is 16.6. The molecule has 6 nitrogen and oxygen atoms in total. The molecule has 0 heterocycles. The molecule has 118 valence electrons. The Morgan fingerprint density at radius 3 is 2.22 bits per heavy atom. The van der Waals surface area contributed by atoms with Gasteiger partial charge in [0.25, 0.3) is 5.69 Å². The summed E-state index contributed by atoms with van der Waals surface area (Å²) in [4.78, 5) is 12.2. The van der Waals surface area contributed by atoms with Crippen LogP contribution in [-0.2, 0) is 0 Å². The van der Waals surface area contributed by atoms with Gasteiger partial charge in [0.2, 0.25) is 0 Å². The van der Waals surface area contributed by atoms with Crippen LogP contribution in [0, 0.1) is 10.1 Å². The predicted molar refractivity (Wildman–Crippen MR) is 91.2 cm³/mol. The van der Waals surface area contributed by atoms with Crippen LogP contribution >= 0.6 is 0 Å². The molecular weight excluding hydrogens is 294 g/mol. The van der Waals surface area contributed by atoms with Crippen molar-refractivity contribution in [3.8, 4) is 0 Å². The van der Waals surface area contributed by atoms with Gasteiger partial charge in [-0.1, -0.05) is 23.4 Å². The summed E-state index contributed by atoms with van der Waals surface area (Å²) in [6, 6.07) is 13.7. The first-order valence-electron chi connectivity index (χ1n) is 6.93. The summed E-state index contributed by atoms with van der Waals surface area (Å²) < 4.78 is 0. The number of benzene rings is 2. The summed E-state index contributed by atoms with van der Waals surface area (Å²) in [6.45, 7) is 0. The smallest absolute Gasteiger partial charge is 0.269 e. The van der Waals surface area contributed by atoms with Crippen LogP contribution in [-0.4, -0.2) is 29.9 Å². The molecule has 0 atom stereocenters. The molecule has 6 heteroatoms. The highest BCUT2D eigenvalue weighted by molar-refractivity contribution is 6.10. The van der Waals surface area contributed by atoms with Gasteiger partial charge in [-0.25, -0.2) is 0 Å². The van der Waals surface area contributed by atoms with E-state index >= 15 is 0 Å². The molecule has 0 amide bonds. The van der Waals surface area contributed by atoms with Crippen LogP contribution in [0.3, 0.4) is 0 Å². The van der Waals surface area contributed by atoms with Gasteiger partial charge in [-0.3, -0.25) is 10.1 Å². The standard InChI is InChI=1S/C17H17N3O3/c1-19(2)15-10-6-14(7-11-15)17(18-21)12-5-13-3-8-16(9-4-13)20(22)23/h3-12,21H,1-2H3/b12-5+,18-17-. The minimum Gasteiger partial charge on any atom is -0.410 e. The Morgan fingerprint density at radius 1 is 1.13 bits per heavy atom. The normalized spacial score (nSPS) is 11.7. The van der Waals surface area contributed by atoms with Crippen molar-refractivity contribution in [1.29, 1.82) is 0 Å². The number of nitrogens with zero attached hydrogens (tertiary/aromatic N) is 3. The van der Waals surface area contributed by atoms with Gasteiger partial charge in [0.1, 0.15) is 5.71 Å².